The number of halogens is 1. The quantitative estimate of drug-likeness (QED) is 0.510. The Balaban J connectivity index is 1.62. The van der Waals surface area contributed by atoms with Crippen molar-refractivity contribution >= 4 is 67.0 Å². The van der Waals surface area contributed by atoms with Gasteiger partial charge in [0.05, 0.1) is 4.90 Å². The van der Waals surface area contributed by atoms with Gasteiger partial charge >= 0.3 is 0 Å². The molecule has 3 aromatic rings. The van der Waals surface area contributed by atoms with Gasteiger partial charge in [0.15, 0.2) is 10.2 Å². The van der Waals surface area contributed by atoms with E-state index in [1.165, 1.54) is 47.9 Å². The first kappa shape index (κ1) is 20.2. The van der Waals surface area contributed by atoms with E-state index in [2.05, 4.69) is 20.3 Å². The maximum absolute atomic E-state index is 12.3. The predicted molar refractivity (Wildman–Crippen MR) is 115 cm³/mol. The summed E-state index contributed by atoms with van der Waals surface area (Å²) in [6.45, 7) is 0. The van der Waals surface area contributed by atoms with E-state index >= 15 is 0 Å². The zero-order chi connectivity index (χ0) is 20.1. The molecule has 1 amide bonds. The minimum absolute atomic E-state index is 0.0708. The molecule has 144 valence electrons. The van der Waals surface area contributed by atoms with Crippen molar-refractivity contribution in [1.82, 2.24) is 10.3 Å². The van der Waals surface area contributed by atoms with Gasteiger partial charge in [-0.25, -0.2) is 13.4 Å². The van der Waals surface area contributed by atoms with Gasteiger partial charge in [-0.15, -0.1) is 11.3 Å². The number of carbonyl (C=O) groups excluding carboxylic acids is 1. The lowest BCUT2D eigenvalue weighted by molar-refractivity contribution is 0.0977. The van der Waals surface area contributed by atoms with Crippen LogP contribution < -0.4 is 15.4 Å². The van der Waals surface area contributed by atoms with Gasteiger partial charge in [-0.3, -0.25) is 14.8 Å². The summed E-state index contributed by atoms with van der Waals surface area (Å²) < 4.78 is 27.0. The lowest BCUT2D eigenvalue weighted by atomic mass is 10.2. The number of anilines is 2. The minimum Gasteiger partial charge on any atom is -0.332 e. The second-order valence-electron chi connectivity index (χ2n) is 5.39. The summed E-state index contributed by atoms with van der Waals surface area (Å²) in [5, 5.41) is 7.82. The van der Waals surface area contributed by atoms with Crippen LogP contribution in [-0.2, 0) is 10.0 Å². The molecular weight excluding hydrogens is 440 g/mol. The highest BCUT2D eigenvalue weighted by molar-refractivity contribution is 7.93. The molecule has 0 atom stereocenters. The van der Waals surface area contributed by atoms with Crippen molar-refractivity contribution in [2.24, 2.45) is 0 Å². The van der Waals surface area contributed by atoms with Gasteiger partial charge in [0.25, 0.3) is 15.9 Å². The largest absolute Gasteiger partial charge is 0.332 e. The van der Waals surface area contributed by atoms with E-state index in [4.69, 9.17) is 23.8 Å². The fourth-order valence-electron chi connectivity index (χ4n) is 2.13. The van der Waals surface area contributed by atoms with E-state index in [-0.39, 0.29) is 15.1 Å². The summed E-state index contributed by atoms with van der Waals surface area (Å²) in [5.74, 6) is -0.410. The highest BCUT2D eigenvalue weighted by Crippen LogP contribution is 2.19. The number of thiocarbonyl (C=S) groups is 1. The number of carbonyl (C=O) groups is 1. The molecule has 0 spiro atoms. The number of nitrogens with one attached hydrogen (secondary N) is 3. The Labute approximate surface area is 175 Å². The Kier molecular flexibility index (Phi) is 6.25. The Morgan fingerprint density at radius 2 is 1.89 bits per heavy atom. The van der Waals surface area contributed by atoms with Crippen molar-refractivity contribution in [1.29, 1.82) is 0 Å². The molecule has 0 saturated heterocycles. The highest BCUT2D eigenvalue weighted by atomic mass is 35.5. The van der Waals surface area contributed by atoms with E-state index in [0.717, 1.165) is 0 Å². The summed E-state index contributed by atoms with van der Waals surface area (Å²) in [4.78, 5) is 16.1. The van der Waals surface area contributed by atoms with Crippen molar-refractivity contribution in [3.63, 3.8) is 0 Å². The Hall–Kier alpha value is -2.53. The number of hydrogen-bond donors (Lipinski definition) is 3. The van der Waals surface area contributed by atoms with Crippen LogP contribution in [-0.4, -0.2) is 24.4 Å². The number of rotatable bonds is 5. The molecule has 0 aliphatic carbocycles. The number of aromatic nitrogens is 1. The molecule has 3 rings (SSSR count). The maximum atomic E-state index is 12.3. The summed E-state index contributed by atoms with van der Waals surface area (Å²) in [6.07, 6.45) is 1.51. The molecule has 3 N–H and O–H groups in total. The summed E-state index contributed by atoms with van der Waals surface area (Å²) >= 11 is 12.2. The lowest BCUT2D eigenvalue weighted by Crippen LogP contribution is -2.34. The number of benzene rings is 2. The number of amides is 1. The molecular formula is C17H13ClN4O3S3. The van der Waals surface area contributed by atoms with Crippen LogP contribution in [0.4, 0.5) is 10.8 Å². The van der Waals surface area contributed by atoms with Crippen molar-refractivity contribution in [3.05, 3.63) is 70.7 Å². The molecule has 0 bridgehead atoms. The number of thiazole rings is 1. The van der Waals surface area contributed by atoms with Crippen molar-refractivity contribution < 1.29 is 13.2 Å². The van der Waals surface area contributed by atoms with Crippen molar-refractivity contribution in [2.75, 3.05) is 10.0 Å². The van der Waals surface area contributed by atoms with E-state index in [9.17, 15) is 13.2 Å². The van der Waals surface area contributed by atoms with Gasteiger partial charge in [-0.2, -0.15) is 0 Å². The van der Waals surface area contributed by atoms with Crippen molar-refractivity contribution in [3.8, 4) is 0 Å². The van der Waals surface area contributed by atoms with Crippen LogP contribution in [0.3, 0.4) is 0 Å². The van der Waals surface area contributed by atoms with E-state index < -0.39 is 15.9 Å². The summed E-state index contributed by atoms with van der Waals surface area (Å²) in [7, 11) is -3.73. The molecule has 2 aromatic carbocycles. The van der Waals surface area contributed by atoms with Crippen LogP contribution >= 0.6 is 35.2 Å². The zero-order valence-corrected chi connectivity index (χ0v) is 17.3. The molecule has 1 heterocycles. The van der Waals surface area contributed by atoms with Crippen LogP contribution in [0.2, 0.25) is 5.02 Å². The monoisotopic (exact) mass is 452 g/mol. The fraction of sp³-hybridized carbons (Fsp3) is 0. The van der Waals surface area contributed by atoms with E-state index in [0.29, 0.717) is 16.3 Å². The Morgan fingerprint density at radius 1 is 1.14 bits per heavy atom. The first-order chi connectivity index (χ1) is 13.3. The Bertz CT molecular complexity index is 1100. The third-order valence-electron chi connectivity index (χ3n) is 3.39. The van der Waals surface area contributed by atoms with Gasteiger partial charge < -0.3 is 5.32 Å². The summed E-state index contributed by atoms with van der Waals surface area (Å²) in [6, 6.07) is 12.4. The molecule has 0 unspecified atom stereocenters. The predicted octanol–water partition coefficient (Wildman–Crippen LogP) is 3.72. The molecule has 28 heavy (non-hydrogen) atoms. The normalized spacial score (nSPS) is 10.9. The smallest absolute Gasteiger partial charge is 0.263 e. The standard InChI is InChI=1S/C17H13ClN4O3S3/c18-12-3-1-2-11(10-12)15(23)21-16(26)20-13-4-6-14(7-5-13)28(24,25)22-17-19-8-9-27-17/h1-10H,(H,19,22)(H2,20,21,23,26). The SMILES string of the molecule is O=C(NC(=S)Nc1ccc(S(=O)(=O)Nc2nccs2)cc1)c1cccc(Cl)c1. The highest BCUT2D eigenvalue weighted by Gasteiger charge is 2.15. The molecule has 7 nitrogen and oxygen atoms in total. The van der Waals surface area contributed by atoms with Crippen molar-refractivity contribution in [2.45, 2.75) is 4.90 Å². The molecule has 1 aromatic heterocycles. The first-order valence-corrected chi connectivity index (χ1v) is 10.9. The van der Waals surface area contributed by atoms with Crippen LogP contribution in [0.1, 0.15) is 10.4 Å². The van der Waals surface area contributed by atoms with E-state index in [1.807, 2.05) is 0 Å². The Morgan fingerprint density at radius 3 is 2.54 bits per heavy atom. The average Bonchev–Trinajstić information content (AvgIpc) is 3.14. The topological polar surface area (TPSA) is 100 Å². The molecule has 0 aliphatic heterocycles. The van der Waals surface area contributed by atoms with Crippen LogP contribution in [0.15, 0.2) is 65.0 Å². The number of nitrogens with zero attached hydrogens (tertiary/aromatic N) is 1. The lowest BCUT2D eigenvalue weighted by Gasteiger charge is -2.11. The molecule has 11 heteroatoms. The first-order valence-electron chi connectivity index (χ1n) is 7.74. The second kappa shape index (κ2) is 8.65. The van der Waals surface area contributed by atoms with Crippen LogP contribution in [0, 0.1) is 0 Å². The second-order valence-corrected chi connectivity index (χ2v) is 8.81. The fourth-order valence-corrected chi connectivity index (χ4v) is 4.32. The average molecular weight is 453 g/mol. The van der Waals surface area contributed by atoms with Crippen LogP contribution in [0.25, 0.3) is 0 Å². The van der Waals surface area contributed by atoms with Gasteiger partial charge in [0.1, 0.15) is 0 Å². The molecule has 0 aliphatic rings. The van der Waals surface area contributed by atoms with Crippen LogP contribution in [0.5, 0.6) is 0 Å². The number of hydrogen-bond acceptors (Lipinski definition) is 6. The summed E-state index contributed by atoms with van der Waals surface area (Å²) in [5.41, 5.74) is 0.885. The van der Waals surface area contributed by atoms with Gasteiger partial charge in [-0.1, -0.05) is 17.7 Å². The van der Waals surface area contributed by atoms with Gasteiger partial charge in [0.2, 0.25) is 0 Å². The third-order valence-corrected chi connectivity index (χ3v) is 6.00. The van der Waals surface area contributed by atoms with E-state index in [1.54, 1.807) is 23.6 Å². The molecule has 0 fully saturated rings. The van der Waals surface area contributed by atoms with Gasteiger partial charge in [0, 0.05) is 27.9 Å². The number of sulfonamides is 1. The van der Waals surface area contributed by atoms with Gasteiger partial charge in [-0.05, 0) is 54.7 Å². The third kappa shape index (κ3) is 5.26. The minimum atomic E-state index is -3.73. The molecule has 0 radical (unpaired) electrons. The maximum Gasteiger partial charge on any atom is 0.263 e. The zero-order valence-electron chi connectivity index (χ0n) is 14.0. The molecule has 0 saturated carbocycles.